The zero-order valence-corrected chi connectivity index (χ0v) is 15.0. The van der Waals surface area contributed by atoms with E-state index < -0.39 is 0 Å². The summed E-state index contributed by atoms with van der Waals surface area (Å²) in [6.45, 7) is 5.76. The lowest BCUT2D eigenvalue weighted by Gasteiger charge is -2.15. The van der Waals surface area contributed by atoms with Crippen molar-refractivity contribution >= 4 is 39.1 Å². The quantitative estimate of drug-likeness (QED) is 0.763. The molecule has 0 saturated carbocycles. The van der Waals surface area contributed by atoms with Crippen LogP contribution in [0.3, 0.4) is 0 Å². The van der Waals surface area contributed by atoms with E-state index in [0.29, 0.717) is 22.0 Å². The molecule has 0 spiro atoms. The zero-order valence-electron chi connectivity index (χ0n) is 12.6. The van der Waals surface area contributed by atoms with Crippen LogP contribution in [0.1, 0.15) is 29.8 Å². The lowest BCUT2D eigenvalue weighted by atomic mass is 10.1. The maximum absolute atomic E-state index is 12.6. The molecule has 1 amide bonds. The second-order valence-electron chi connectivity index (χ2n) is 5.22. The first-order valence-corrected chi connectivity index (χ1v) is 8.07. The Morgan fingerprint density at radius 3 is 2.64 bits per heavy atom. The zero-order chi connectivity index (χ0) is 16.3. The number of halogens is 2. The third-order valence-corrected chi connectivity index (χ3v) is 3.73. The lowest BCUT2D eigenvalue weighted by molar-refractivity contribution is 0.102. The fourth-order valence-corrected chi connectivity index (χ4v) is 2.49. The topological polar surface area (TPSA) is 38.3 Å². The van der Waals surface area contributed by atoms with Crippen LogP contribution in [-0.4, -0.2) is 12.0 Å². The molecule has 2 aromatic rings. The summed E-state index contributed by atoms with van der Waals surface area (Å²) in [6.07, 6.45) is -0.0133. The SMILES string of the molecule is Cc1ccc(Cl)cc1NC(=O)c1cc(Br)ccc1OC(C)C. The van der Waals surface area contributed by atoms with Crippen LogP contribution in [0.4, 0.5) is 5.69 Å². The number of anilines is 1. The summed E-state index contributed by atoms with van der Waals surface area (Å²) >= 11 is 9.37. The molecule has 2 rings (SSSR count). The molecule has 0 fully saturated rings. The number of hydrogen-bond acceptors (Lipinski definition) is 2. The van der Waals surface area contributed by atoms with Gasteiger partial charge in [-0.25, -0.2) is 0 Å². The highest BCUT2D eigenvalue weighted by atomic mass is 79.9. The molecule has 0 saturated heterocycles. The van der Waals surface area contributed by atoms with Crippen molar-refractivity contribution in [2.75, 3.05) is 5.32 Å². The van der Waals surface area contributed by atoms with E-state index in [1.54, 1.807) is 24.3 Å². The second kappa shape index (κ2) is 7.16. The van der Waals surface area contributed by atoms with E-state index in [4.69, 9.17) is 16.3 Å². The lowest BCUT2D eigenvalue weighted by Crippen LogP contribution is -2.16. The number of ether oxygens (including phenoxy) is 1. The van der Waals surface area contributed by atoms with Gasteiger partial charge in [-0.05, 0) is 56.7 Å². The highest BCUT2D eigenvalue weighted by Gasteiger charge is 2.15. The van der Waals surface area contributed by atoms with Crippen LogP contribution in [0.5, 0.6) is 5.75 Å². The van der Waals surface area contributed by atoms with Crippen molar-refractivity contribution in [1.82, 2.24) is 0 Å². The minimum absolute atomic E-state index is 0.0133. The number of benzene rings is 2. The molecule has 0 aliphatic rings. The molecule has 0 bridgehead atoms. The third kappa shape index (κ3) is 4.24. The van der Waals surface area contributed by atoms with Crippen LogP contribution in [-0.2, 0) is 0 Å². The maximum atomic E-state index is 12.6. The van der Waals surface area contributed by atoms with Crippen LogP contribution in [0.2, 0.25) is 5.02 Å². The summed E-state index contributed by atoms with van der Waals surface area (Å²) < 4.78 is 6.52. The van der Waals surface area contributed by atoms with Gasteiger partial charge in [0.05, 0.1) is 11.7 Å². The number of rotatable bonds is 4. The van der Waals surface area contributed by atoms with E-state index >= 15 is 0 Å². The van der Waals surface area contributed by atoms with E-state index in [0.717, 1.165) is 10.0 Å². The predicted molar refractivity (Wildman–Crippen MR) is 94.0 cm³/mol. The van der Waals surface area contributed by atoms with Crippen LogP contribution < -0.4 is 10.1 Å². The first-order valence-electron chi connectivity index (χ1n) is 6.90. The number of amides is 1. The Balaban J connectivity index is 2.32. The van der Waals surface area contributed by atoms with Gasteiger partial charge >= 0.3 is 0 Å². The van der Waals surface area contributed by atoms with Gasteiger partial charge < -0.3 is 10.1 Å². The van der Waals surface area contributed by atoms with Crippen molar-refractivity contribution in [3.63, 3.8) is 0 Å². The molecule has 116 valence electrons. The molecular formula is C17H17BrClNO2. The summed E-state index contributed by atoms with van der Waals surface area (Å²) in [7, 11) is 0. The molecule has 2 aromatic carbocycles. The van der Waals surface area contributed by atoms with Crippen molar-refractivity contribution in [2.24, 2.45) is 0 Å². The largest absolute Gasteiger partial charge is 0.490 e. The van der Waals surface area contributed by atoms with Gasteiger partial charge in [-0.1, -0.05) is 33.6 Å². The number of carbonyl (C=O) groups excluding carboxylic acids is 1. The summed E-state index contributed by atoms with van der Waals surface area (Å²) in [6, 6.07) is 10.8. The average Bonchev–Trinajstić information content (AvgIpc) is 2.44. The minimum Gasteiger partial charge on any atom is -0.490 e. The highest BCUT2D eigenvalue weighted by molar-refractivity contribution is 9.10. The molecule has 0 aliphatic carbocycles. The number of nitrogens with one attached hydrogen (secondary N) is 1. The minimum atomic E-state index is -0.234. The molecule has 0 aromatic heterocycles. The van der Waals surface area contributed by atoms with E-state index in [2.05, 4.69) is 21.2 Å². The molecule has 5 heteroatoms. The molecule has 0 unspecified atom stereocenters. The molecule has 1 N–H and O–H groups in total. The Bertz CT molecular complexity index is 701. The maximum Gasteiger partial charge on any atom is 0.259 e. The van der Waals surface area contributed by atoms with Crippen molar-refractivity contribution in [1.29, 1.82) is 0 Å². The molecule has 0 radical (unpaired) electrons. The first kappa shape index (κ1) is 16.8. The van der Waals surface area contributed by atoms with Crippen molar-refractivity contribution in [3.05, 3.63) is 57.0 Å². The smallest absolute Gasteiger partial charge is 0.259 e. The summed E-state index contributed by atoms with van der Waals surface area (Å²) in [5, 5.41) is 3.46. The predicted octanol–water partition coefficient (Wildman–Crippen LogP) is 5.45. The molecule has 3 nitrogen and oxygen atoms in total. The Kier molecular flexibility index (Phi) is 5.48. The van der Waals surface area contributed by atoms with Crippen LogP contribution in [0.15, 0.2) is 40.9 Å². The summed E-state index contributed by atoms with van der Waals surface area (Å²) in [5.41, 5.74) is 2.11. The van der Waals surface area contributed by atoms with Gasteiger partial charge in [0.1, 0.15) is 5.75 Å². The molecule has 22 heavy (non-hydrogen) atoms. The molecule has 0 heterocycles. The van der Waals surface area contributed by atoms with Crippen molar-refractivity contribution in [2.45, 2.75) is 26.9 Å². The van der Waals surface area contributed by atoms with E-state index in [1.165, 1.54) is 0 Å². The number of hydrogen-bond donors (Lipinski definition) is 1. The molecule has 0 aliphatic heterocycles. The number of aryl methyl sites for hydroxylation is 1. The fraction of sp³-hybridized carbons (Fsp3) is 0.235. The Hall–Kier alpha value is -1.52. The van der Waals surface area contributed by atoms with Gasteiger partial charge in [0.2, 0.25) is 0 Å². The highest BCUT2D eigenvalue weighted by Crippen LogP contribution is 2.27. The first-order chi connectivity index (χ1) is 10.4. The fourth-order valence-electron chi connectivity index (χ4n) is 1.95. The summed E-state index contributed by atoms with van der Waals surface area (Å²) in [4.78, 5) is 12.6. The van der Waals surface area contributed by atoms with Crippen molar-refractivity contribution < 1.29 is 9.53 Å². The molecular weight excluding hydrogens is 366 g/mol. The van der Waals surface area contributed by atoms with E-state index in [-0.39, 0.29) is 12.0 Å². The van der Waals surface area contributed by atoms with Gasteiger partial charge in [-0.3, -0.25) is 4.79 Å². The van der Waals surface area contributed by atoms with Gasteiger partial charge in [0.25, 0.3) is 5.91 Å². The van der Waals surface area contributed by atoms with Crippen LogP contribution >= 0.6 is 27.5 Å². The van der Waals surface area contributed by atoms with Crippen LogP contribution in [0.25, 0.3) is 0 Å². The van der Waals surface area contributed by atoms with Crippen molar-refractivity contribution in [3.8, 4) is 5.75 Å². The van der Waals surface area contributed by atoms with E-state index in [9.17, 15) is 4.79 Å². The molecule has 0 atom stereocenters. The Morgan fingerprint density at radius 1 is 1.23 bits per heavy atom. The van der Waals surface area contributed by atoms with Gasteiger partial charge in [-0.2, -0.15) is 0 Å². The normalized spacial score (nSPS) is 10.6. The van der Waals surface area contributed by atoms with Gasteiger partial charge in [-0.15, -0.1) is 0 Å². The van der Waals surface area contributed by atoms with Crippen LogP contribution in [0, 0.1) is 6.92 Å². The van der Waals surface area contributed by atoms with E-state index in [1.807, 2.05) is 32.9 Å². The monoisotopic (exact) mass is 381 g/mol. The van der Waals surface area contributed by atoms with Gasteiger partial charge in [0, 0.05) is 15.2 Å². The Labute approximate surface area is 143 Å². The summed E-state index contributed by atoms with van der Waals surface area (Å²) in [5.74, 6) is 0.317. The number of carbonyl (C=O) groups is 1. The third-order valence-electron chi connectivity index (χ3n) is 3.00. The van der Waals surface area contributed by atoms with Gasteiger partial charge in [0.15, 0.2) is 0 Å². The standard InChI is InChI=1S/C17H17BrClNO2/c1-10(2)22-16-7-5-12(18)8-14(16)17(21)20-15-9-13(19)6-4-11(15)3/h4-10H,1-3H3,(H,20,21). The Morgan fingerprint density at radius 2 is 1.95 bits per heavy atom. The average molecular weight is 383 g/mol. The second-order valence-corrected chi connectivity index (χ2v) is 6.57.